The minimum atomic E-state index is -0.0358. The minimum absolute atomic E-state index is 0.00275. The molecule has 0 N–H and O–H groups in total. The van der Waals surface area contributed by atoms with Crippen LogP contribution in [0.4, 0.5) is 5.95 Å². The fraction of sp³-hybridized carbons (Fsp3) is 0.450. The number of thiophene rings is 1. The van der Waals surface area contributed by atoms with Crippen molar-refractivity contribution in [2.24, 2.45) is 0 Å². The number of hydrogen-bond acceptors (Lipinski definition) is 7. The molecule has 1 aliphatic heterocycles. The van der Waals surface area contributed by atoms with Crippen molar-refractivity contribution in [3.63, 3.8) is 0 Å². The second-order valence-corrected chi connectivity index (χ2v) is 8.08. The van der Waals surface area contributed by atoms with Crippen LogP contribution in [0.3, 0.4) is 0 Å². The van der Waals surface area contributed by atoms with Crippen LogP contribution in [-0.4, -0.2) is 58.5 Å². The van der Waals surface area contributed by atoms with E-state index in [9.17, 15) is 14.4 Å². The number of nitrogens with zero attached hydrogens (tertiary/aromatic N) is 4. The number of carbonyl (C=O) groups is 3. The van der Waals surface area contributed by atoms with Crippen molar-refractivity contribution in [2.75, 3.05) is 31.1 Å². The molecule has 2 aromatic rings. The maximum Gasteiger partial charge on any atom is 0.225 e. The molecule has 0 atom stereocenters. The predicted octanol–water partition coefficient (Wildman–Crippen LogP) is 2.51. The zero-order valence-electron chi connectivity index (χ0n) is 16.0. The van der Waals surface area contributed by atoms with Crippen molar-refractivity contribution in [3.8, 4) is 0 Å². The molecule has 7 nitrogen and oxygen atoms in total. The summed E-state index contributed by atoms with van der Waals surface area (Å²) >= 11 is 1.45. The van der Waals surface area contributed by atoms with Crippen LogP contribution >= 0.6 is 11.3 Å². The largest absolute Gasteiger partial charge is 0.339 e. The van der Waals surface area contributed by atoms with Gasteiger partial charge in [0, 0.05) is 69.1 Å². The molecule has 3 rings (SSSR count). The lowest BCUT2D eigenvalue weighted by Crippen LogP contribution is -2.49. The molecule has 0 bridgehead atoms. The summed E-state index contributed by atoms with van der Waals surface area (Å²) in [5.74, 6) is 0.626. The highest BCUT2D eigenvalue weighted by atomic mass is 32.1. The van der Waals surface area contributed by atoms with Gasteiger partial charge in [-0.15, -0.1) is 11.3 Å². The van der Waals surface area contributed by atoms with Gasteiger partial charge in [-0.3, -0.25) is 14.4 Å². The molecule has 28 heavy (non-hydrogen) atoms. The molecule has 0 aliphatic carbocycles. The fourth-order valence-electron chi connectivity index (χ4n) is 3.10. The monoisotopic (exact) mass is 400 g/mol. The number of amides is 1. The lowest BCUT2D eigenvalue weighted by molar-refractivity contribution is -0.133. The fourth-order valence-corrected chi connectivity index (χ4v) is 3.94. The Labute approximate surface area is 168 Å². The molecular formula is C20H24N4O3S. The lowest BCUT2D eigenvalue weighted by Gasteiger charge is -2.34. The lowest BCUT2D eigenvalue weighted by atomic mass is 10.1. The van der Waals surface area contributed by atoms with E-state index in [-0.39, 0.29) is 43.2 Å². The van der Waals surface area contributed by atoms with Gasteiger partial charge in [-0.05, 0) is 25.1 Å². The van der Waals surface area contributed by atoms with Gasteiger partial charge in [-0.2, -0.15) is 0 Å². The molecule has 2 aromatic heterocycles. The molecule has 3 heterocycles. The number of anilines is 1. The van der Waals surface area contributed by atoms with Gasteiger partial charge in [0.15, 0.2) is 5.78 Å². The molecule has 0 aromatic carbocycles. The Hall–Kier alpha value is -2.61. The Balaban J connectivity index is 1.36. The average Bonchev–Trinajstić information content (AvgIpc) is 3.17. The number of piperazine rings is 1. The second-order valence-electron chi connectivity index (χ2n) is 6.79. The van der Waals surface area contributed by atoms with E-state index in [0.29, 0.717) is 37.0 Å². The zero-order chi connectivity index (χ0) is 19.9. The third-order valence-corrected chi connectivity index (χ3v) is 5.77. The van der Waals surface area contributed by atoms with Crippen LogP contribution < -0.4 is 4.90 Å². The number of hydrogen-bond donors (Lipinski definition) is 0. The summed E-state index contributed by atoms with van der Waals surface area (Å²) < 4.78 is 0. The quantitative estimate of drug-likeness (QED) is 0.633. The number of carbonyl (C=O) groups excluding carboxylic acids is 3. The standard InChI is InChI=1S/C20H24N4O3S/c1-15-3-7-18(28-15)17(26)6-4-16(25)5-8-19(27)23-11-13-24(14-12-23)20-21-9-2-10-22-20/h2-3,7,9-10H,4-6,8,11-14H2,1H3. The number of aromatic nitrogens is 2. The number of rotatable bonds is 8. The van der Waals surface area contributed by atoms with E-state index >= 15 is 0 Å². The highest BCUT2D eigenvalue weighted by Crippen LogP contribution is 2.18. The van der Waals surface area contributed by atoms with E-state index < -0.39 is 0 Å². The number of ketones is 2. The van der Waals surface area contributed by atoms with Gasteiger partial charge in [0.05, 0.1) is 4.88 Å². The second kappa shape index (κ2) is 9.54. The van der Waals surface area contributed by atoms with E-state index in [0.717, 1.165) is 4.88 Å². The van der Waals surface area contributed by atoms with Crippen LogP contribution in [-0.2, 0) is 9.59 Å². The van der Waals surface area contributed by atoms with E-state index in [1.54, 1.807) is 29.4 Å². The Morgan fingerprint density at radius 3 is 2.29 bits per heavy atom. The topological polar surface area (TPSA) is 83.5 Å². The Kier molecular flexibility index (Phi) is 6.86. The SMILES string of the molecule is Cc1ccc(C(=O)CCC(=O)CCC(=O)N2CCN(c3ncccn3)CC2)s1. The molecule has 1 fully saturated rings. The van der Waals surface area contributed by atoms with Crippen molar-refractivity contribution in [2.45, 2.75) is 32.6 Å². The number of Topliss-reactive ketones (excluding diaryl/α,β-unsaturated/α-hetero) is 2. The Morgan fingerprint density at radius 1 is 0.964 bits per heavy atom. The molecule has 1 saturated heterocycles. The third-order valence-electron chi connectivity index (χ3n) is 4.73. The minimum Gasteiger partial charge on any atom is -0.339 e. The van der Waals surface area contributed by atoms with Crippen molar-refractivity contribution in [3.05, 3.63) is 40.3 Å². The molecule has 0 spiro atoms. The first-order valence-corrected chi connectivity index (χ1v) is 10.3. The highest BCUT2D eigenvalue weighted by Gasteiger charge is 2.22. The van der Waals surface area contributed by atoms with E-state index in [1.807, 2.05) is 17.9 Å². The van der Waals surface area contributed by atoms with Crippen molar-refractivity contribution >= 4 is 34.8 Å². The summed E-state index contributed by atoms with van der Waals surface area (Å²) in [5.41, 5.74) is 0. The normalized spacial score (nSPS) is 14.2. The van der Waals surface area contributed by atoms with Gasteiger partial charge in [-0.1, -0.05) is 0 Å². The maximum absolute atomic E-state index is 12.4. The van der Waals surface area contributed by atoms with Crippen LogP contribution in [0, 0.1) is 6.92 Å². The molecule has 1 aliphatic rings. The summed E-state index contributed by atoms with van der Waals surface area (Å²) in [6.45, 7) is 4.50. The summed E-state index contributed by atoms with van der Waals surface area (Å²) in [6, 6.07) is 5.48. The molecule has 148 valence electrons. The van der Waals surface area contributed by atoms with Crippen molar-refractivity contribution < 1.29 is 14.4 Å². The van der Waals surface area contributed by atoms with Crippen molar-refractivity contribution in [1.82, 2.24) is 14.9 Å². The molecule has 8 heteroatoms. The first kappa shape index (κ1) is 20.1. The van der Waals surface area contributed by atoms with Gasteiger partial charge >= 0.3 is 0 Å². The van der Waals surface area contributed by atoms with Crippen LogP contribution in [0.2, 0.25) is 0 Å². The first-order valence-electron chi connectivity index (χ1n) is 9.44. The summed E-state index contributed by atoms with van der Waals surface area (Å²) in [5, 5.41) is 0. The molecule has 0 radical (unpaired) electrons. The van der Waals surface area contributed by atoms with E-state index in [4.69, 9.17) is 0 Å². The average molecular weight is 401 g/mol. The van der Waals surface area contributed by atoms with Crippen LogP contribution in [0.25, 0.3) is 0 Å². The van der Waals surface area contributed by atoms with Crippen molar-refractivity contribution in [1.29, 1.82) is 0 Å². The molecule has 0 unspecified atom stereocenters. The smallest absolute Gasteiger partial charge is 0.225 e. The Morgan fingerprint density at radius 2 is 1.64 bits per heavy atom. The van der Waals surface area contributed by atoms with Gasteiger partial charge in [0.25, 0.3) is 0 Å². The maximum atomic E-state index is 12.4. The Bertz CT molecular complexity index is 829. The highest BCUT2D eigenvalue weighted by molar-refractivity contribution is 7.14. The summed E-state index contributed by atoms with van der Waals surface area (Å²) in [4.78, 5) is 50.6. The summed E-state index contributed by atoms with van der Waals surface area (Å²) in [7, 11) is 0. The van der Waals surface area contributed by atoms with Gasteiger partial charge in [0.2, 0.25) is 11.9 Å². The van der Waals surface area contributed by atoms with Gasteiger partial charge in [-0.25, -0.2) is 9.97 Å². The van der Waals surface area contributed by atoms with Crippen LogP contribution in [0.15, 0.2) is 30.6 Å². The molecule has 0 saturated carbocycles. The van der Waals surface area contributed by atoms with Gasteiger partial charge < -0.3 is 9.80 Å². The van der Waals surface area contributed by atoms with Crippen LogP contribution in [0.5, 0.6) is 0 Å². The zero-order valence-corrected chi connectivity index (χ0v) is 16.8. The summed E-state index contributed by atoms with van der Waals surface area (Å²) in [6.07, 6.45) is 4.21. The predicted molar refractivity (Wildman–Crippen MR) is 108 cm³/mol. The van der Waals surface area contributed by atoms with Gasteiger partial charge in [0.1, 0.15) is 5.78 Å². The van der Waals surface area contributed by atoms with E-state index in [1.165, 1.54) is 11.3 Å². The third kappa shape index (κ3) is 5.45. The van der Waals surface area contributed by atoms with Crippen LogP contribution in [0.1, 0.15) is 40.2 Å². The molecule has 1 amide bonds. The number of aryl methyl sites for hydroxylation is 1. The first-order chi connectivity index (χ1) is 13.5. The van der Waals surface area contributed by atoms with E-state index in [2.05, 4.69) is 9.97 Å². The molecular weight excluding hydrogens is 376 g/mol.